The molecule has 0 saturated carbocycles. The second-order valence-electron chi connectivity index (χ2n) is 8.51. The molecule has 0 spiro atoms. The summed E-state index contributed by atoms with van der Waals surface area (Å²) >= 11 is 13.7. The smallest absolute Gasteiger partial charge is 0.475 e. The van der Waals surface area contributed by atoms with Gasteiger partial charge in [-0.2, -0.15) is 13.2 Å². The Bertz CT molecular complexity index is 1450. The Labute approximate surface area is 235 Å². The Balaban J connectivity index is 0.000000448. The molecule has 2 N–H and O–H groups in total. The van der Waals surface area contributed by atoms with Crippen LogP contribution < -0.4 is 10.2 Å². The molecule has 0 atom stereocenters. The normalized spacial score (nSPS) is 17.8. The average Bonchev–Trinajstić information content (AvgIpc) is 3.24. The van der Waals surface area contributed by atoms with E-state index < -0.39 is 12.1 Å². The number of aliphatic carboxylic acids is 1. The maximum absolute atomic E-state index is 12.6. The molecule has 13 heteroatoms. The van der Waals surface area contributed by atoms with Gasteiger partial charge in [0.15, 0.2) is 5.17 Å². The highest BCUT2D eigenvalue weighted by molar-refractivity contribution is 8.18. The van der Waals surface area contributed by atoms with E-state index in [-0.39, 0.29) is 5.91 Å². The number of amides is 1. The number of alkyl halides is 3. The number of aromatic nitrogens is 1. The maximum Gasteiger partial charge on any atom is 0.490 e. The van der Waals surface area contributed by atoms with E-state index in [1.165, 1.54) is 36.7 Å². The van der Waals surface area contributed by atoms with Gasteiger partial charge in [0.05, 0.1) is 20.5 Å². The minimum absolute atomic E-state index is 0.195. The van der Waals surface area contributed by atoms with Crippen LogP contribution in [0.2, 0.25) is 10.0 Å². The number of pyridine rings is 1. The van der Waals surface area contributed by atoms with Crippen molar-refractivity contribution in [2.45, 2.75) is 25.4 Å². The molecule has 204 valence electrons. The van der Waals surface area contributed by atoms with Gasteiger partial charge in [-0.25, -0.2) is 9.79 Å². The zero-order chi connectivity index (χ0) is 28.2. The molecule has 2 aromatic carbocycles. The molecule has 0 radical (unpaired) electrons. The van der Waals surface area contributed by atoms with Crippen LogP contribution in [0, 0.1) is 0 Å². The van der Waals surface area contributed by atoms with Crippen molar-refractivity contribution in [2.24, 2.45) is 4.99 Å². The fourth-order valence-corrected chi connectivity index (χ4v) is 5.29. The van der Waals surface area contributed by atoms with Crippen molar-refractivity contribution in [3.05, 3.63) is 69.2 Å². The van der Waals surface area contributed by atoms with Gasteiger partial charge in [0.1, 0.15) is 5.69 Å². The Morgan fingerprint density at radius 1 is 1.10 bits per heavy atom. The first-order chi connectivity index (χ1) is 18.5. The van der Waals surface area contributed by atoms with E-state index in [0.717, 1.165) is 29.6 Å². The lowest BCUT2D eigenvalue weighted by Crippen LogP contribution is -2.29. The highest BCUT2D eigenvalue weighted by Gasteiger charge is 2.38. The van der Waals surface area contributed by atoms with Crippen LogP contribution in [0.1, 0.15) is 24.8 Å². The summed E-state index contributed by atoms with van der Waals surface area (Å²) in [6, 6.07) is 13.4. The number of nitrogens with zero attached hydrogens (tertiary/aromatic N) is 3. The number of halogens is 5. The molecule has 1 aromatic heterocycles. The molecule has 0 unspecified atom stereocenters. The number of carboxylic acid groups (broad SMARTS) is 1. The second-order valence-corrected chi connectivity index (χ2v) is 10.4. The summed E-state index contributed by atoms with van der Waals surface area (Å²) in [4.78, 5) is 33.4. The number of thioether (sulfide) groups is 1. The predicted molar refractivity (Wildman–Crippen MR) is 149 cm³/mol. The van der Waals surface area contributed by atoms with Gasteiger partial charge in [-0.05, 0) is 73.0 Å². The Hall–Kier alpha value is -3.28. The van der Waals surface area contributed by atoms with E-state index in [1.54, 1.807) is 18.2 Å². The Morgan fingerprint density at radius 3 is 2.41 bits per heavy atom. The Morgan fingerprint density at radius 2 is 1.77 bits per heavy atom. The van der Waals surface area contributed by atoms with E-state index in [9.17, 15) is 18.0 Å². The number of carbonyl (C=O) groups excluding carboxylic acids is 1. The molecule has 2 fully saturated rings. The Kier molecular flexibility index (Phi) is 9.04. The van der Waals surface area contributed by atoms with Crippen LogP contribution in [-0.2, 0) is 9.59 Å². The molecule has 2 saturated heterocycles. The molecular weight excluding hydrogens is 576 g/mol. The molecule has 7 nitrogen and oxygen atoms in total. The monoisotopic (exact) mass is 596 g/mol. The van der Waals surface area contributed by atoms with E-state index in [2.05, 4.69) is 32.3 Å². The van der Waals surface area contributed by atoms with E-state index in [4.69, 9.17) is 33.1 Å². The van der Waals surface area contributed by atoms with Gasteiger partial charge >= 0.3 is 12.1 Å². The van der Waals surface area contributed by atoms with Crippen LogP contribution in [-0.4, -0.2) is 46.4 Å². The summed E-state index contributed by atoms with van der Waals surface area (Å²) < 4.78 is 31.7. The number of amidine groups is 1. The molecule has 3 heterocycles. The van der Waals surface area contributed by atoms with Crippen molar-refractivity contribution >= 4 is 80.4 Å². The standard InChI is InChI=1S/C24H20Cl2N4OS.C2HF3O2/c25-17-5-4-6-18(26)22(17)28-24-29-23(31)21(32-24)14-15-7-8-19-16(13-15)20(9-10-27-19)30-11-2-1-3-12-30;3-2(4,5)1(6)7/h4-10,13-14H,1-3,11-12H2,(H,28,29,31);(H,6,7)/b21-14-;. The number of para-hydroxylation sites is 1. The molecule has 2 aliphatic rings. The predicted octanol–water partition coefficient (Wildman–Crippen LogP) is 7.06. The minimum atomic E-state index is -5.08. The fraction of sp³-hybridized carbons (Fsp3) is 0.231. The summed E-state index contributed by atoms with van der Waals surface area (Å²) in [5.74, 6) is -2.95. The summed E-state index contributed by atoms with van der Waals surface area (Å²) in [6.45, 7) is 2.13. The second kappa shape index (κ2) is 12.3. The summed E-state index contributed by atoms with van der Waals surface area (Å²) in [5, 5.41) is 12.3. The van der Waals surface area contributed by atoms with Gasteiger partial charge < -0.3 is 15.3 Å². The summed E-state index contributed by atoms with van der Waals surface area (Å²) in [7, 11) is 0. The number of rotatable bonds is 3. The highest BCUT2D eigenvalue weighted by Crippen LogP contribution is 2.36. The first kappa shape index (κ1) is 28.7. The largest absolute Gasteiger partial charge is 0.490 e. The van der Waals surface area contributed by atoms with Crippen molar-refractivity contribution in [3.63, 3.8) is 0 Å². The van der Waals surface area contributed by atoms with Crippen molar-refractivity contribution < 1.29 is 27.9 Å². The number of aliphatic imine (C=N–C) groups is 1. The zero-order valence-corrected chi connectivity index (χ0v) is 22.5. The van der Waals surface area contributed by atoms with E-state index in [0.29, 0.717) is 25.8 Å². The fourth-order valence-electron chi connectivity index (χ4n) is 3.98. The molecular formula is C26H21Cl2F3N4O3S. The highest BCUT2D eigenvalue weighted by atomic mass is 35.5. The van der Waals surface area contributed by atoms with Crippen LogP contribution in [0.5, 0.6) is 0 Å². The third-order valence-corrected chi connectivity index (χ3v) is 7.30. The number of nitrogens with one attached hydrogen (secondary N) is 1. The van der Waals surface area contributed by atoms with Crippen molar-refractivity contribution in [1.29, 1.82) is 0 Å². The molecule has 2 aliphatic heterocycles. The number of carboxylic acids is 1. The van der Waals surface area contributed by atoms with Gasteiger partial charge in [-0.15, -0.1) is 0 Å². The number of fused-ring (bicyclic) bond motifs is 1. The third kappa shape index (κ3) is 7.23. The first-order valence-electron chi connectivity index (χ1n) is 11.7. The quantitative estimate of drug-likeness (QED) is 0.314. The van der Waals surface area contributed by atoms with Crippen molar-refractivity contribution in [3.8, 4) is 0 Å². The number of anilines is 1. The zero-order valence-electron chi connectivity index (χ0n) is 20.1. The summed E-state index contributed by atoms with van der Waals surface area (Å²) in [5.41, 5.74) is 3.55. The van der Waals surface area contributed by atoms with Gasteiger partial charge in [0.2, 0.25) is 0 Å². The average molecular weight is 597 g/mol. The van der Waals surface area contributed by atoms with E-state index in [1.807, 2.05) is 24.4 Å². The van der Waals surface area contributed by atoms with Crippen LogP contribution in [0.3, 0.4) is 0 Å². The molecule has 0 aliphatic carbocycles. The number of piperidine rings is 1. The molecule has 3 aromatic rings. The first-order valence-corrected chi connectivity index (χ1v) is 13.3. The molecule has 39 heavy (non-hydrogen) atoms. The van der Waals surface area contributed by atoms with Crippen LogP contribution >= 0.6 is 35.0 Å². The lowest BCUT2D eigenvalue weighted by molar-refractivity contribution is -0.192. The van der Waals surface area contributed by atoms with Crippen molar-refractivity contribution in [1.82, 2.24) is 10.3 Å². The van der Waals surface area contributed by atoms with Crippen LogP contribution in [0.15, 0.2) is 58.6 Å². The third-order valence-electron chi connectivity index (χ3n) is 5.78. The van der Waals surface area contributed by atoms with E-state index >= 15 is 0 Å². The van der Waals surface area contributed by atoms with Crippen LogP contribution in [0.4, 0.5) is 24.5 Å². The van der Waals surface area contributed by atoms with Gasteiger partial charge in [0.25, 0.3) is 5.91 Å². The molecule has 0 bridgehead atoms. The number of benzene rings is 2. The number of hydrogen-bond donors (Lipinski definition) is 2. The molecule has 1 amide bonds. The van der Waals surface area contributed by atoms with Gasteiger partial charge in [-0.1, -0.05) is 35.3 Å². The number of hydrogen-bond acceptors (Lipinski definition) is 6. The minimum Gasteiger partial charge on any atom is -0.475 e. The lowest BCUT2D eigenvalue weighted by Gasteiger charge is -2.29. The lowest BCUT2D eigenvalue weighted by atomic mass is 10.1. The maximum atomic E-state index is 12.6. The summed E-state index contributed by atoms with van der Waals surface area (Å²) in [6.07, 6.45) is 2.37. The van der Waals surface area contributed by atoms with Crippen molar-refractivity contribution in [2.75, 3.05) is 18.0 Å². The van der Waals surface area contributed by atoms with Gasteiger partial charge in [0, 0.05) is 30.4 Å². The van der Waals surface area contributed by atoms with Gasteiger partial charge in [-0.3, -0.25) is 9.78 Å². The van der Waals surface area contributed by atoms with Crippen LogP contribution in [0.25, 0.3) is 17.0 Å². The SMILES string of the molecule is O=C(O)C(F)(F)F.O=C1NC(=Nc2c(Cl)cccc2Cl)S/C1=C\c1ccc2nccc(N3CCCCC3)c2c1. The number of carbonyl (C=O) groups is 2. The molecule has 5 rings (SSSR count). The topological polar surface area (TPSA) is 94.9 Å².